The molecule has 2 amide bonds. The summed E-state index contributed by atoms with van der Waals surface area (Å²) in [5.41, 5.74) is 9.71. The molecule has 212 valence electrons. The van der Waals surface area contributed by atoms with E-state index in [4.69, 9.17) is 5.73 Å². The minimum absolute atomic E-state index is 0.143. The highest BCUT2D eigenvalue weighted by Gasteiger charge is 2.11. The van der Waals surface area contributed by atoms with E-state index in [1.54, 1.807) is 7.05 Å². The van der Waals surface area contributed by atoms with E-state index in [9.17, 15) is 9.59 Å². The van der Waals surface area contributed by atoms with Gasteiger partial charge in [-0.15, -0.1) is 0 Å². The van der Waals surface area contributed by atoms with Gasteiger partial charge in [-0.05, 0) is 31.7 Å². The van der Waals surface area contributed by atoms with Crippen LogP contribution in [0.25, 0.3) is 0 Å². The topological polar surface area (TPSA) is 98.2 Å². The molecular formula is C30H65N3O2. The van der Waals surface area contributed by atoms with Crippen LogP contribution in [0.15, 0.2) is 0 Å². The lowest BCUT2D eigenvalue weighted by Gasteiger charge is -2.16. The molecule has 0 saturated heterocycles. The first-order valence-corrected chi connectivity index (χ1v) is 15.0. The molecule has 0 aromatic heterocycles. The van der Waals surface area contributed by atoms with E-state index < -0.39 is 0 Å². The molecule has 0 rings (SSSR count). The van der Waals surface area contributed by atoms with E-state index >= 15 is 0 Å². The Morgan fingerprint density at radius 1 is 0.571 bits per heavy atom. The molecule has 0 spiro atoms. The molecule has 0 radical (unpaired) electrons. The van der Waals surface area contributed by atoms with Crippen molar-refractivity contribution in [2.24, 2.45) is 23.3 Å². The third kappa shape index (κ3) is 32.9. The maximum absolute atomic E-state index is 11.3. The van der Waals surface area contributed by atoms with Gasteiger partial charge in [-0.2, -0.15) is 0 Å². The van der Waals surface area contributed by atoms with Gasteiger partial charge in [0.2, 0.25) is 11.8 Å². The van der Waals surface area contributed by atoms with Crippen LogP contribution in [-0.4, -0.2) is 25.9 Å². The predicted molar refractivity (Wildman–Crippen MR) is 155 cm³/mol. The number of hydrogen-bond acceptors (Lipinski definition) is 3. The Morgan fingerprint density at radius 3 is 1.14 bits per heavy atom. The van der Waals surface area contributed by atoms with E-state index in [-0.39, 0.29) is 11.8 Å². The largest absolute Gasteiger partial charge is 0.370 e. The number of carbonyl (C=O) groups is 2. The Hall–Kier alpha value is -1.10. The van der Waals surface area contributed by atoms with E-state index in [0.29, 0.717) is 12.8 Å². The lowest BCUT2D eigenvalue weighted by Crippen LogP contribution is -2.18. The second-order valence-electron chi connectivity index (χ2n) is 9.93. The van der Waals surface area contributed by atoms with Crippen molar-refractivity contribution < 1.29 is 9.59 Å². The molecule has 0 fully saturated rings. The van der Waals surface area contributed by atoms with Crippen LogP contribution in [0.4, 0.5) is 0 Å². The molecule has 0 saturated carbocycles. The zero-order chi connectivity index (χ0) is 27.2. The molecular weight excluding hydrogens is 434 g/mol. The predicted octanol–water partition coefficient (Wildman–Crippen LogP) is 7.89. The fraction of sp³-hybridized carbons (Fsp3) is 0.933. The summed E-state index contributed by atoms with van der Waals surface area (Å²) in [6.45, 7) is 8.96. The Kier molecular flexibility index (Phi) is 36.1. The number of carbonyl (C=O) groups excluding carboxylic acids is 2. The molecule has 0 atom stereocenters. The monoisotopic (exact) mass is 500 g/mol. The first-order chi connectivity index (χ1) is 16.9. The van der Waals surface area contributed by atoms with Crippen LogP contribution in [0.2, 0.25) is 0 Å². The van der Waals surface area contributed by atoms with Crippen LogP contribution < -0.4 is 16.8 Å². The standard InChI is InChI=1S/C15H31NO.C14H29NO.CH5N/c1-4-6-8-10-14(11-9-7-5-2)12-13-15(17)16-3;1-3-5-7-9-13(10-8-6-4-2)11-12-14(15)16;1-2/h14H,4-13H2,1-3H3,(H,16,17);13H,3-12H2,1-2H3,(H2,15,16);2H2,1H3. The van der Waals surface area contributed by atoms with Gasteiger partial charge < -0.3 is 16.8 Å². The molecule has 0 unspecified atom stereocenters. The van der Waals surface area contributed by atoms with E-state index in [1.165, 1.54) is 110 Å². The third-order valence-electron chi connectivity index (χ3n) is 6.72. The molecule has 35 heavy (non-hydrogen) atoms. The minimum Gasteiger partial charge on any atom is -0.370 e. The molecule has 0 aromatic rings. The summed E-state index contributed by atoms with van der Waals surface area (Å²) in [6, 6.07) is 0. The van der Waals surface area contributed by atoms with Gasteiger partial charge in [-0.25, -0.2) is 0 Å². The highest BCUT2D eigenvalue weighted by molar-refractivity contribution is 5.75. The molecule has 5 nitrogen and oxygen atoms in total. The quantitative estimate of drug-likeness (QED) is 0.132. The fourth-order valence-electron chi connectivity index (χ4n) is 4.40. The summed E-state index contributed by atoms with van der Waals surface area (Å²) in [5.74, 6) is 1.55. The normalized spacial score (nSPS) is 10.4. The van der Waals surface area contributed by atoms with Crippen molar-refractivity contribution >= 4 is 11.8 Å². The number of nitrogens with one attached hydrogen (secondary N) is 1. The van der Waals surface area contributed by atoms with Crippen LogP contribution in [0, 0.1) is 11.8 Å². The van der Waals surface area contributed by atoms with Crippen LogP contribution in [0.3, 0.4) is 0 Å². The van der Waals surface area contributed by atoms with E-state index in [2.05, 4.69) is 38.7 Å². The first-order valence-electron chi connectivity index (χ1n) is 15.0. The van der Waals surface area contributed by atoms with Gasteiger partial charge in [0.1, 0.15) is 0 Å². The van der Waals surface area contributed by atoms with Crippen LogP contribution >= 0.6 is 0 Å². The third-order valence-corrected chi connectivity index (χ3v) is 6.72. The van der Waals surface area contributed by atoms with Crippen LogP contribution in [0.1, 0.15) is 156 Å². The number of hydrogen-bond donors (Lipinski definition) is 3. The van der Waals surface area contributed by atoms with E-state index in [0.717, 1.165) is 24.7 Å². The van der Waals surface area contributed by atoms with Gasteiger partial charge in [0, 0.05) is 19.9 Å². The first kappa shape index (κ1) is 38.4. The number of primary amides is 1. The molecule has 0 aliphatic heterocycles. The van der Waals surface area contributed by atoms with Crippen LogP contribution in [-0.2, 0) is 9.59 Å². The lowest BCUT2D eigenvalue weighted by molar-refractivity contribution is -0.121. The smallest absolute Gasteiger partial charge is 0.219 e. The summed E-state index contributed by atoms with van der Waals surface area (Å²) in [4.78, 5) is 22.1. The maximum atomic E-state index is 11.3. The van der Waals surface area contributed by atoms with Crippen molar-refractivity contribution in [3.63, 3.8) is 0 Å². The average molecular weight is 500 g/mol. The highest BCUT2D eigenvalue weighted by Crippen LogP contribution is 2.23. The molecule has 0 aliphatic rings. The van der Waals surface area contributed by atoms with Gasteiger partial charge in [-0.3, -0.25) is 9.59 Å². The molecule has 5 N–H and O–H groups in total. The number of unbranched alkanes of at least 4 members (excludes halogenated alkanes) is 8. The van der Waals surface area contributed by atoms with Gasteiger partial charge in [0.05, 0.1) is 0 Å². The lowest BCUT2D eigenvalue weighted by atomic mass is 9.91. The van der Waals surface area contributed by atoms with Gasteiger partial charge in [0.25, 0.3) is 0 Å². The molecule has 0 aromatic carbocycles. The van der Waals surface area contributed by atoms with Crippen molar-refractivity contribution in [3.05, 3.63) is 0 Å². The second kappa shape index (κ2) is 32.9. The Morgan fingerprint density at radius 2 is 0.886 bits per heavy atom. The number of amides is 2. The van der Waals surface area contributed by atoms with Gasteiger partial charge in [-0.1, -0.05) is 130 Å². The maximum Gasteiger partial charge on any atom is 0.219 e. The van der Waals surface area contributed by atoms with Gasteiger partial charge >= 0.3 is 0 Å². The highest BCUT2D eigenvalue weighted by atomic mass is 16.1. The molecule has 5 heteroatoms. The summed E-state index contributed by atoms with van der Waals surface area (Å²) in [6.07, 6.45) is 24.3. The Bertz CT molecular complexity index is 410. The van der Waals surface area contributed by atoms with Crippen LogP contribution in [0.5, 0.6) is 0 Å². The molecule has 0 bridgehead atoms. The van der Waals surface area contributed by atoms with Crippen molar-refractivity contribution in [2.75, 3.05) is 14.1 Å². The Labute approximate surface area is 220 Å². The number of rotatable bonds is 22. The van der Waals surface area contributed by atoms with Crippen molar-refractivity contribution in [1.82, 2.24) is 5.32 Å². The summed E-state index contributed by atoms with van der Waals surface area (Å²) in [7, 11) is 3.23. The zero-order valence-electron chi connectivity index (χ0n) is 24.8. The minimum atomic E-state index is -0.143. The summed E-state index contributed by atoms with van der Waals surface area (Å²) >= 11 is 0. The SMILES string of the molecule is CCCCCC(CCCCC)CCC(=O)NC.CCCCCC(CCCCC)CCC(N)=O.CN. The van der Waals surface area contributed by atoms with Crippen molar-refractivity contribution in [1.29, 1.82) is 0 Å². The van der Waals surface area contributed by atoms with Gasteiger partial charge in [0.15, 0.2) is 0 Å². The van der Waals surface area contributed by atoms with Crippen molar-refractivity contribution in [2.45, 2.75) is 156 Å². The second-order valence-corrected chi connectivity index (χ2v) is 9.93. The fourth-order valence-corrected chi connectivity index (χ4v) is 4.40. The zero-order valence-corrected chi connectivity index (χ0v) is 24.8. The molecule has 0 heterocycles. The Balaban J connectivity index is -0.000000547. The molecule has 0 aliphatic carbocycles. The average Bonchev–Trinajstić information content (AvgIpc) is 2.87. The number of nitrogens with two attached hydrogens (primary N) is 2. The summed E-state index contributed by atoms with van der Waals surface area (Å²) in [5, 5.41) is 2.72. The summed E-state index contributed by atoms with van der Waals surface area (Å²) < 4.78 is 0. The van der Waals surface area contributed by atoms with Crippen molar-refractivity contribution in [3.8, 4) is 0 Å². The van der Waals surface area contributed by atoms with E-state index in [1.807, 2.05) is 0 Å².